The Bertz CT molecular complexity index is 564. The van der Waals surface area contributed by atoms with E-state index in [4.69, 9.17) is 28.3 Å². The Labute approximate surface area is 114 Å². The summed E-state index contributed by atoms with van der Waals surface area (Å²) < 4.78 is 1.55. The van der Waals surface area contributed by atoms with E-state index in [1.165, 1.54) is 0 Å². The maximum atomic E-state index is 10.5. The molecule has 0 bridgehead atoms. The molecule has 0 amide bonds. The van der Waals surface area contributed by atoms with Gasteiger partial charge in [-0.3, -0.25) is 4.79 Å². The summed E-state index contributed by atoms with van der Waals surface area (Å²) >= 11 is 12.0. The maximum absolute atomic E-state index is 10.5. The molecule has 1 heterocycles. The second kappa shape index (κ2) is 5.42. The number of nitrogens with zero attached hydrogens (tertiary/aromatic N) is 2. The first-order valence-corrected chi connectivity index (χ1v) is 6.03. The van der Waals surface area contributed by atoms with Crippen LogP contribution < -0.4 is 0 Å². The molecule has 4 nitrogen and oxygen atoms in total. The number of carboxylic acids is 1. The topological polar surface area (TPSA) is 55.1 Å². The molecule has 0 atom stereocenters. The van der Waals surface area contributed by atoms with Gasteiger partial charge in [0.25, 0.3) is 0 Å². The molecule has 94 valence electrons. The molecular weight excluding hydrogens is 275 g/mol. The smallest absolute Gasteiger partial charge is 0.303 e. The number of hydrogen-bond donors (Lipinski definition) is 1. The molecule has 0 aliphatic heterocycles. The predicted molar refractivity (Wildman–Crippen MR) is 69.5 cm³/mol. The van der Waals surface area contributed by atoms with E-state index < -0.39 is 5.97 Å². The Hall–Kier alpha value is -1.52. The summed E-state index contributed by atoms with van der Waals surface area (Å²) in [5.41, 5.74) is 1.50. The standard InChI is InChI=1S/C12H10Cl2N2O2/c13-9-2-4-10(5-3-9)16-12(14)8(7-15-16)1-6-11(17)18/h2-5,7H,1,6H2,(H,17,18). The minimum atomic E-state index is -0.856. The number of benzene rings is 1. The molecule has 18 heavy (non-hydrogen) atoms. The van der Waals surface area contributed by atoms with Crippen LogP contribution in [0.15, 0.2) is 30.5 Å². The summed E-state index contributed by atoms with van der Waals surface area (Å²) in [6.07, 6.45) is 1.98. The van der Waals surface area contributed by atoms with Crippen molar-refractivity contribution < 1.29 is 9.90 Å². The third-order valence-electron chi connectivity index (χ3n) is 2.46. The van der Waals surface area contributed by atoms with Crippen LogP contribution in [0.2, 0.25) is 10.2 Å². The highest BCUT2D eigenvalue weighted by Gasteiger charge is 2.11. The number of halogens is 2. The van der Waals surface area contributed by atoms with Crippen LogP contribution in [-0.2, 0) is 11.2 Å². The monoisotopic (exact) mass is 284 g/mol. The van der Waals surface area contributed by atoms with Gasteiger partial charge in [0.1, 0.15) is 5.15 Å². The minimum Gasteiger partial charge on any atom is -0.481 e. The van der Waals surface area contributed by atoms with Crippen LogP contribution in [0.1, 0.15) is 12.0 Å². The van der Waals surface area contributed by atoms with E-state index in [-0.39, 0.29) is 6.42 Å². The molecular formula is C12H10Cl2N2O2. The number of rotatable bonds is 4. The van der Waals surface area contributed by atoms with Crippen LogP contribution in [0.4, 0.5) is 0 Å². The van der Waals surface area contributed by atoms with E-state index in [0.29, 0.717) is 22.2 Å². The molecule has 0 unspecified atom stereocenters. The van der Waals surface area contributed by atoms with Crippen molar-refractivity contribution in [3.05, 3.63) is 46.2 Å². The Morgan fingerprint density at radius 2 is 1.94 bits per heavy atom. The van der Waals surface area contributed by atoms with Crippen molar-refractivity contribution in [3.63, 3.8) is 0 Å². The van der Waals surface area contributed by atoms with Crippen molar-refractivity contribution in [2.45, 2.75) is 12.8 Å². The lowest BCUT2D eigenvalue weighted by atomic mass is 10.2. The quantitative estimate of drug-likeness (QED) is 0.938. The van der Waals surface area contributed by atoms with Gasteiger partial charge in [0, 0.05) is 17.0 Å². The maximum Gasteiger partial charge on any atom is 0.303 e. The number of aliphatic carboxylic acids is 1. The number of aromatic nitrogens is 2. The molecule has 0 saturated carbocycles. The lowest BCUT2D eigenvalue weighted by molar-refractivity contribution is -0.136. The third-order valence-corrected chi connectivity index (χ3v) is 3.11. The first-order chi connectivity index (χ1) is 8.58. The molecule has 1 aromatic carbocycles. The van der Waals surface area contributed by atoms with Gasteiger partial charge in [0.15, 0.2) is 0 Å². The van der Waals surface area contributed by atoms with Gasteiger partial charge in [0.2, 0.25) is 0 Å². The van der Waals surface area contributed by atoms with Gasteiger partial charge in [-0.15, -0.1) is 0 Å². The van der Waals surface area contributed by atoms with Crippen LogP contribution in [0, 0.1) is 0 Å². The van der Waals surface area contributed by atoms with Crippen molar-refractivity contribution in [1.29, 1.82) is 0 Å². The highest BCUT2D eigenvalue weighted by molar-refractivity contribution is 6.31. The Kier molecular flexibility index (Phi) is 3.89. The van der Waals surface area contributed by atoms with Gasteiger partial charge >= 0.3 is 5.97 Å². The van der Waals surface area contributed by atoms with Crippen molar-refractivity contribution in [1.82, 2.24) is 9.78 Å². The lowest BCUT2D eigenvalue weighted by Crippen LogP contribution is -1.98. The molecule has 0 radical (unpaired) electrons. The SMILES string of the molecule is O=C(O)CCc1cnn(-c2ccc(Cl)cc2)c1Cl. The van der Waals surface area contributed by atoms with Gasteiger partial charge in [-0.05, 0) is 30.7 Å². The number of hydrogen-bond acceptors (Lipinski definition) is 2. The van der Waals surface area contributed by atoms with Gasteiger partial charge in [0.05, 0.1) is 11.9 Å². The molecule has 0 fully saturated rings. The number of carboxylic acid groups (broad SMARTS) is 1. The van der Waals surface area contributed by atoms with Gasteiger partial charge in [-0.1, -0.05) is 23.2 Å². The van der Waals surface area contributed by atoms with Gasteiger partial charge in [-0.25, -0.2) is 4.68 Å². The summed E-state index contributed by atoms with van der Waals surface area (Å²) in [5, 5.41) is 13.8. The second-order valence-corrected chi connectivity index (χ2v) is 4.54. The molecule has 0 saturated heterocycles. The average Bonchev–Trinajstić information content (AvgIpc) is 2.69. The zero-order valence-corrected chi connectivity index (χ0v) is 10.8. The Morgan fingerprint density at radius 3 is 2.56 bits per heavy atom. The Morgan fingerprint density at radius 1 is 1.28 bits per heavy atom. The van der Waals surface area contributed by atoms with Crippen molar-refractivity contribution in [2.75, 3.05) is 0 Å². The molecule has 1 N–H and O–H groups in total. The van der Waals surface area contributed by atoms with Crippen molar-refractivity contribution in [2.24, 2.45) is 0 Å². The molecule has 2 aromatic rings. The summed E-state index contributed by atoms with van der Waals surface area (Å²) in [6.45, 7) is 0. The van der Waals surface area contributed by atoms with Crippen LogP contribution in [-0.4, -0.2) is 20.9 Å². The fourth-order valence-corrected chi connectivity index (χ4v) is 1.95. The molecule has 2 rings (SSSR count). The first kappa shape index (κ1) is 12.9. The summed E-state index contributed by atoms with van der Waals surface area (Å²) in [4.78, 5) is 10.5. The molecule has 6 heteroatoms. The molecule has 0 aliphatic carbocycles. The average molecular weight is 285 g/mol. The second-order valence-electron chi connectivity index (χ2n) is 3.74. The fraction of sp³-hybridized carbons (Fsp3) is 0.167. The van der Waals surface area contributed by atoms with E-state index in [1.807, 2.05) is 0 Å². The third kappa shape index (κ3) is 2.83. The van der Waals surface area contributed by atoms with E-state index in [0.717, 1.165) is 5.69 Å². The number of aryl methyl sites for hydroxylation is 1. The van der Waals surface area contributed by atoms with Crippen LogP contribution in [0.3, 0.4) is 0 Å². The molecule has 1 aromatic heterocycles. The minimum absolute atomic E-state index is 0.0338. The van der Waals surface area contributed by atoms with Gasteiger partial charge < -0.3 is 5.11 Å². The fourth-order valence-electron chi connectivity index (χ4n) is 1.54. The van der Waals surface area contributed by atoms with Crippen LogP contribution in [0.25, 0.3) is 5.69 Å². The van der Waals surface area contributed by atoms with E-state index >= 15 is 0 Å². The molecule has 0 spiro atoms. The zero-order valence-electron chi connectivity index (χ0n) is 9.31. The van der Waals surface area contributed by atoms with Crippen LogP contribution in [0.5, 0.6) is 0 Å². The zero-order chi connectivity index (χ0) is 13.1. The van der Waals surface area contributed by atoms with E-state index in [2.05, 4.69) is 5.10 Å². The Balaban J connectivity index is 2.25. The lowest BCUT2D eigenvalue weighted by Gasteiger charge is -2.03. The summed E-state index contributed by atoms with van der Waals surface area (Å²) in [5.74, 6) is -0.856. The highest BCUT2D eigenvalue weighted by Crippen LogP contribution is 2.22. The van der Waals surface area contributed by atoms with Crippen molar-refractivity contribution in [3.8, 4) is 5.69 Å². The summed E-state index contributed by atoms with van der Waals surface area (Å²) in [7, 11) is 0. The predicted octanol–water partition coefficient (Wildman–Crippen LogP) is 3.20. The van der Waals surface area contributed by atoms with E-state index in [1.54, 1.807) is 35.1 Å². The van der Waals surface area contributed by atoms with Gasteiger partial charge in [-0.2, -0.15) is 5.10 Å². The van der Waals surface area contributed by atoms with Crippen LogP contribution >= 0.6 is 23.2 Å². The highest BCUT2D eigenvalue weighted by atomic mass is 35.5. The van der Waals surface area contributed by atoms with Crippen molar-refractivity contribution >= 4 is 29.2 Å². The number of carbonyl (C=O) groups is 1. The summed E-state index contributed by atoms with van der Waals surface area (Å²) in [6, 6.07) is 7.07. The first-order valence-electron chi connectivity index (χ1n) is 5.28. The molecule has 0 aliphatic rings. The largest absolute Gasteiger partial charge is 0.481 e. The normalized spacial score (nSPS) is 10.6. The van der Waals surface area contributed by atoms with E-state index in [9.17, 15) is 4.79 Å².